The summed E-state index contributed by atoms with van der Waals surface area (Å²) in [5.74, 6) is -0.121. The van der Waals surface area contributed by atoms with Gasteiger partial charge in [-0.25, -0.2) is 0 Å². The van der Waals surface area contributed by atoms with Crippen LogP contribution in [0.25, 0.3) is 0 Å². The molecule has 0 bridgehead atoms. The van der Waals surface area contributed by atoms with Gasteiger partial charge in [-0.2, -0.15) is 0 Å². The summed E-state index contributed by atoms with van der Waals surface area (Å²) in [5, 5.41) is 20.6. The Hall–Kier alpha value is -0.450. The Morgan fingerprint density at radius 1 is 0.684 bits per heavy atom. The summed E-state index contributed by atoms with van der Waals surface area (Å²) in [6, 6.07) is 5.77. The standard InChI is InChI=1S/C12H6Cl4O2S/c13-5-1-3-7(17)11(9(5)15)19-12-8(18)4-2-6(14)10(12)16/h1-4,17-18H. The number of aromatic hydroxyl groups is 2. The van der Waals surface area contributed by atoms with E-state index in [9.17, 15) is 10.2 Å². The summed E-state index contributed by atoms with van der Waals surface area (Å²) in [5.41, 5.74) is 0. The normalized spacial score (nSPS) is 10.7. The van der Waals surface area contributed by atoms with Crippen molar-refractivity contribution < 1.29 is 10.2 Å². The average molecular weight is 356 g/mol. The molecule has 0 aliphatic rings. The number of phenolic OH excluding ortho intramolecular Hbond substituents is 2. The van der Waals surface area contributed by atoms with Gasteiger partial charge in [0.15, 0.2) is 0 Å². The third-order valence-corrected chi connectivity index (χ3v) is 5.33. The molecule has 0 fully saturated rings. The second-order valence-corrected chi connectivity index (χ2v) is 6.11. The topological polar surface area (TPSA) is 40.5 Å². The highest BCUT2D eigenvalue weighted by Gasteiger charge is 2.17. The molecule has 2 aromatic rings. The first kappa shape index (κ1) is 14.9. The summed E-state index contributed by atoms with van der Waals surface area (Å²) >= 11 is 24.8. The molecule has 7 heteroatoms. The number of hydrogen-bond donors (Lipinski definition) is 2. The molecular weight excluding hydrogens is 350 g/mol. The van der Waals surface area contributed by atoms with Crippen molar-refractivity contribution >= 4 is 58.2 Å². The Morgan fingerprint density at radius 3 is 1.42 bits per heavy atom. The van der Waals surface area contributed by atoms with Crippen LogP contribution < -0.4 is 0 Å². The fourth-order valence-electron chi connectivity index (χ4n) is 1.34. The molecule has 2 nitrogen and oxygen atoms in total. The van der Waals surface area contributed by atoms with E-state index in [0.717, 1.165) is 11.8 Å². The molecule has 0 aliphatic heterocycles. The van der Waals surface area contributed by atoms with Gasteiger partial charge < -0.3 is 10.2 Å². The van der Waals surface area contributed by atoms with Crippen LogP contribution in [0.4, 0.5) is 0 Å². The van der Waals surface area contributed by atoms with Gasteiger partial charge in [0.1, 0.15) is 11.5 Å². The van der Waals surface area contributed by atoms with Gasteiger partial charge in [0.25, 0.3) is 0 Å². The first-order valence-corrected chi connectivity index (χ1v) is 7.26. The summed E-state index contributed by atoms with van der Waals surface area (Å²) in [4.78, 5) is 0.599. The van der Waals surface area contributed by atoms with E-state index in [4.69, 9.17) is 46.4 Å². The average Bonchev–Trinajstić information content (AvgIpc) is 2.38. The molecule has 0 spiro atoms. The maximum atomic E-state index is 9.81. The highest BCUT2D eigenvalue weighted by molar-refractivity contribution is 7.99. The van der Waals surface area contributed by atoms with E-state index in [1.54, 1.807) is 0 Å². The quantitative estimate of drug-likeness (QED) is 0.708. The van der Waals surface area contributed by atoms with Crippen molar-refractivity contribution in [2.75, 3.05) is 0 Å². The number of hydrogen-bond acceptors (Lipinski definition) is 3. The van der Waals surface area contributed by atoms with Crippen LogP contribution in [-0.2, 0) is 0 Å². The second kappa shape index (κ2) is 5.90. The minimum atomic E-state index is -0.0603. The van der Waals surface area contributed by atoms with E-state index in [2.05, 4.69) is 0 Å². The number of rotatable bonds is 2. The fraction of sp³-hybridized carbons (Fsp3) is 0. The Bertz CT molecular complexity index is 591. The van der Waals surface area contributed by atoms with Crippen LogP contribution in [-0.4, -0.2) is 10.2 Å². The highest BCUT2D eigenvalue weighted by Crippen LogP contribution is 2.48. The van der Waals surface area contributed by atoms with Crippen LogP contribution in [0.15, 0.2) is 34.1 Å². The number of phenols is 2. The van der Waals surface area contributed by atoms with Crippen LogP contribution in [0.3, 0.4) is 0 Å². The molecule has 0 heterocycles. The highest BCUT2D eigenvalue weighted by atomic mass is 35.5. The van der Waals surface area contributed by atoms with Crippen LogP contribution in [0.5, 0.6) is 11.5 Å². The van der Waals surface area contributed by atoms with Crippen molar-refractivity contribution in [2.45, 2.75) is 9.79 Å². The molecule has 0 aromatic heterocycles. The molecule has 0 saturated carbocycles. The minimum absolute atomic E-state index is 0.0603. The van der Waals surface area contributed by atoms with Gasteiger partial charge in [-0.15, -0.1) is 0 Å². The zero-order valence-corrected chi connectivity index (χ0v) is 13.0. The van der Waals surface area contributed by atoms with Gasteiger partial charge in [0.05, 0.1) is 29.9 Å². The molecule has 19 heavy (non-hydrogen) atoms. The lowest BCUT2D eigenvalue weighted by atomic mass is 10.3. The first-order valence-electron chi connectivity index (χ1n) is 4.93. The van der Waals surface area contributed by atoms with Crippen molar-refractivity contribution in [1.82, 2.24) is 0 Å². The number of benzene rings is 2. The smallest absolute Gasteiger partial charge is 0.131 e. The fourth-order valence-corrected chi connectivity index (χ4v) is 3.27. The largest absolute Gasteiger partial charge is 0.507 e. The lowest BCUT2D eigenvalue weighted by Crippen LogP contribution is -1.82. The SMILES string of the molecule is Oc1ccc(Cl)c(Cl)c1Sc1c(O)ccc(Cl)c1Cl. The Kier molecular flexibility index (Phi) is 4.64. The van der Waals surface area contributed by atoms with Crippen LogP contribution in [0.2, 0.25) is 20.1 Å². The zero-order valence-electron chi connectivity index (χ0n) is 9.12. The third-order valence-electron chi connectivity index (χ3n) is 2.26. The molecule has 2 N–H and O–H groups in total. The third kappa shape index (κ3) is 3.01. The second-order valence-electron chi connectivity index (χ2n) is 3.52. The Morgan fingerprint density at radius 2 is 1.05 bits per heavy atom. The Labute approximate surface area is 133 Å². The molecule has 0 aliphatic carbocycles. The zero-order chi connectivity index (χ0) is 14.2. The monoisotopic (exact) mass is 354 g/mol. The predicted octanol–water partition coefficient (Wildman–Crippen LogP) is 5.86. The summed E-state index contributed by atoms with van der Waals surface area (Å²) in [6.45, 7) is 0. The number of halogens is 4. The van der Waals surface area contributed by atoms with E-state index in [0.29, 0.717) is 19.8 Å². The van der Waals surface area contributed by atoms with Crippen molar-refractivity contribution in [3.63, 3.8) is 0 Å². The summed E-state index contributed by atoms with van der Waals surface area (Å²) < 4.78 is 0. The van der Waals surface area contributed by atoms with Crippen molar-refractivity contribution in [3.8, 4) is 11.5 Å². The van der Waals surface area contributed by atoms with E-state index < -0.39 is 0 Å². The molecular formula is C12H6Cl4O2S. The van der Waals surface area contributed by atoms with E-state index in [-0.39, 0.29) is 21.5 Å². The van der Waals surface area contributed by atoms with Gasteiger partial charge >= 0.3 is 0 Å². The van der Waals surface area contributed by atoms with E-state index in [1.807, 2.05) is 0 Å². The minimum Gasteiger partial charge on any atom is -0.507 e. The van der Waals surface area contributed by atoms with Crippen molar-refractivity contribution in [2.24, 2.45) is 0 Å². The maximum absolute atomic E-state index is 9.81. The molecule has 0 saturated heterocycles. The van der Waals surface area contributed by atoms with E-state index in [1.165, 1.54) is 24.3 Å². The summed E-state index contributed by atoms with van der Waals surface area (Å²) in [7, 11) is 0. The molecule has 100 valence electrons. The first-order chi connectivity index (χ1) is 8.91. The van der Waals surface area contributed by atoms with Crippen LogP contribution in [0, 0.1) is 0 Å². The van der Waals surface area contributed by atoms with Crippen LogP contribution >= 0.6 is 58.2 Å². The molecule has 0 unspecified atom stereocenters. The molecule has 0 amide bonds. The molecule has 0 atom stereocenters. The Balaban J connectivity index is 2.54. The predicted molar refractivity (Wildman–Crippen MR) is 80.4 cm³/mol. The van der Waals surface area contributed by atoms with Gasteiger partial charge in [-0.05, 0) is 24.3 Å². The molecule has 2 aromatic carbocycles. The van der Waals surface area contributed by atoms with Crippen molar-refractivity contribution in [3.05, 3.63) is 44.4 Å². The molecule has 0 radical (unpaired) electrons. The lowest BCUT2D eigenvalue weighted by Gasteiger charge is -2.11. The van der Waals surface area contributed by atoms with Crippen molar-refractivity contribution in [1.29, 1.82) is 0 Å². The van der Waals surface area contributed by atoms with E-state index >= 15 is 0 Å². The van der Waals surface area contributed by atoms with Gasteiger partial charge in [-0.3, -0.25) is 0 Å². The lowest BCUT2D eigenvalue weighted by molar-refractivity contribution is 0.460. The summed E-state index contributed by atoms with van der Waals surface area (Å²) in [6.07, 6.45) is 0. The van der Waals surface area contributed by atoms with Gasteiger partial charge in [0.2, 0.25) is 0 Å². The molecule has 2 rings (SSSR count). The maximum Gasteiger partial charge on any atom is 0.131 e. The van der Waals surface area contributed by atoms with Gasteiger partial charge in [-0.1, -0.05) is 58.2 Å². The van der Waals surface area contributed by atoms with Gasteiger partial charge in [0, 0.05) is 0 Å². The van der Waals surface area contributed by atoms with Crippen LogP contribution in [0.1, 0.15) is 0 Å².